The highest BCUT2D eigenvalue weighted by Crippen LogP contribution is 2.36. The molecule has 1 N–H and O–H groups in total. The summed E-state index contributed by atoms with van der Waals surface area (Å²) in [5.74, 6) is -0.0187. The van der Waals surface area contributed by atoms with Crippen molar-refractivity contribution in [1.82, 2.24) is 4.90 Å². The second kappa shape index (κ2) is 6.88. The molecule has 2 aliphatic rings. The minimum absolute atomic E-state index is 0.201. The van der Waals surface area contributed by atoms with Gasteiger partial charge in [-0.3, -0.25) is 4.90 Å². The normalized spacial score (nSPS) is 19.8. The van der Waals surface area contributed by atoms with E-state index in [1.807, 2.05) is 12.1 Å². The van der Waals surface area contributed by atoms with Gasteiger partial charge in [0.1, 0.15) is 0 Å². The molecule has 1 fully saturated rings. The molecule has 6 heteroatoms. The van der Waals surface area contributed by atoms with Crippen LogP contribution in [0.15, 0.2) is 36.4 Å². The SMILES string of the molecule is Fc1ccc(N[C@H]2CCCN(Cc3cccc4c3OCO4)C2)cc1F. The molecule has 1 saturated heterocycles. The van der Waals surface area contributed by atoms with Crippen LogP contribution in [0.4, 0.5) is 14.5 Å². The number of hydrogen-bond acceptors (Lipinski definition) is 4. The van der Waals surface area contributed by atoms with Gasteiger partial charge in [-0.05, 0) is 37.6 Å². The molecule has 0 unspecified atom stereocenters. The van der Waals surface area contributed by atoms with Gasteiger partial charge in [0.25, 0.3) is 0 Å². The second-order valence-corrected chi connectivity index (χ2v) is 6.50. The number of piperidine rings is 1. The van der Waals surface area contributed by atoms with Crippen molar-refractivity contribution in [3.05, 3.63) is 53.6 Å². The van der Waals surface area contributed by atoms with E-state index in [1.165, 1.54) is 6.07 Å². The standard InChI is InChI=1S/C19H20F2N2O2/c20-16-7-6-14(9-17(16)21)22-15-4-2-8-23(11-15)10-13-3-1-5-18-19(13)25-12-24-18/h1,3,5-7,9,15,22H,2,4,8,10-12H2/t15-/m0/s1. The summed E-state index contributed by atoms with van der Waals surface area (Å²) in [6.45, 7) is 2.89. The number of para-hydroxylation sites is 1. The van der Waals surface area contributed by atoms with E-state index in [0.717, 1.165) is 55.6 Å². The first-order valence-corrected chi connectivity index (χ1v) is 8.50. The fourth-order valence-electron chi connectivity index (χ4n) is 3.49. The van der Waals surface area contributed by atoms with Gasteiger partial charge in [-0.1, -0.05) is 12.1 Å². The minimum Gasteiger partial charge on any atom is -0.454 e. The highest BCUT2D eigenvalue weighted by atomic mass is 19.2. The lowest BCUT2D eigenvalue weighted by Crippen LogP contribution is -2.41. The summed E-state index contributed by atoms with van der Waals surface area (Å²) in [5.41, 5.74) is 1.73. The lowest BCUT2D eigenvalue weighted by molar-refractivity contribution is 0.169. The minimum atomic E-state index is -0.824. The first-order valence-electron chi connectivity index (χ1n) is 8.50. The van der Waals surface area contributed by atoms with E-state index in [4.69, 9.17) is 9.47 Å². The number of fused-ring (bicyclic) bond motifs is 1. The Labute approximate surface area is 145 Å². The molecule has 2 heterocycles. The molecule has 4 nitrogen and oxygen atoms in total. The Kier molecular flexibility index (Phi) is 4.44. The van der Waals surface area contributed by atoms with Crippen molar-refractivity contribution in [1.29, 1.82) is 0 Å². The maximum atomic E-state index is 13.4. The van der Waals surface area contributed by atoms with E-state index in [-0.39, 0.29) is 12.8 Å². The zero-order valence-electron chi connectivity index (χ0n) is 13.8. The first kappa shape index (κ1) is 16.1. The number of nitrogens with zero attached hydrogens (tertiary/aromatic N) is 1. The summed E-state index contributed by atoms with van der Waals surface area (Å²) in [5, 5.41) is 3.31. The van der Waals surface area contributed by atoms with E-state index in [9.17, 15) is 8.78 Å². The Morgan fingerprint density at radius 2 is 2.04 bits per heavy atom. The van der Waals surface area contributed by atoms with Crippen LogP contribution < -0.4 is 14.8 Å². The molecule has 0 bridgehead atoms. The van der Waals surface area contributed by atoms with Crippen LogP contribution in [0.3, 0.4) is 0 Å². The van der Waals surface area contributed by atoms with Crippen LogP contribution in [0.25, 0.3) is 0 Å². The first-order chi connectivity index (χ1) is 12.2. The molecule has 132 valence electrons. The average molecular weight is 346 g/mol. The molecular formula is C19H20F2N2O2. The molecule has 0 spiro atoms. The van der Waals surface area contributed by atoms with E-state index >= 15 is 0 Å². The summed E-state index contributed by atoms with van der Waals surface area (Å²) in [6, 6.07) is 10.1. The quantitative estimate of drug-likeness (QED) is 0.914. The van der Waals surface area contributed by atoms with Crippen molar-refractivity contribution in [3.8, 4) is 11.5 Å². The summed E-state index contributed by atoms with van der Waals surface area (Å²) in [6.07, 6.45) is 2.05. The van der Waals surface area contributed by atoms with Crippen LogP contribution >= 0.6 is 0 Å². The highest BCUT2D eigenvalue weighted by molar-refractivity contribution is 5.48. The number of rotatable bonds is 4. The molecular weight excluding hydrogens is 326 g/mol. The monoisotopic (exact) mass is 346 g/mol. The Morgan fingerprint density at radius 1 is 1.12 bits per heavy atom. The van der Waals surface area contributed by atoms with Crippen molar-refractivity contribution in [2.45, 2.75) is 25.4 Å². The van der Waals surface area contributed by atoms with E-state index in [1.54, 1.807) is 6.07 Å². The molecule has 0 amide bonds. The van der Waals surface area contributed by atoms with Gasteiger partial charge in [0.15, 0.2) is 23.1 Å². The largest absolute Gasteiger partial charge is 0.454 e. The van der Waals surface area contributed by atoms with Crippen molar-refractivity contribution in [3.63, 3.8) is 0 Å². The van der Waals surface area contributed by atoms with Crippen molar-refractivity contribution >= 4 is 5.69 Å². The van der Waals surface area contributed by atoms with Gasteiger partial charge in [-0.25, -0.2) is 8.78 Å². The third-order valence-corrected chi connectivity index (χ3v) is 4.67. The van der Waals surface area contributed by atoms with Crippen molar-refractivity contribution < 1.29 is 18.3 Å². The number of likely N-dealkylation sites (tertiary alicyclic amines) is 1. The Morgan fingerprint density at radius 3 is 2.92 bits per heavy atom. The van der Waals surface area contributed by atoms with Gasteiger partial charge in [0.05, 0.1) is 0 Å². The fourth-order valence-corrected chi connectivity index (χ4v) is 3.49. The van der Waals surface area contributed by atoms with Crippen LogP contribution in [-0.2, 0) is 6.54 Å². The molecule has 0 saturated carbocycles. The van der Waals surface area contributed by atoms with Crippen LogP contribution in [-0.4, -0.2) is 30.8 Å². The van der Waals surface area contributed by atoms with Crippen LogP contribution in [0.2, 0.25) is 0 Å². The molecule has 0 radical (unpaired) electrons. The van der Waals surface area contributed by atoms with E-state index in [0.29, 0.717) is 5.69 Å². The Balaban J connectivity index is 1.41. The van der Waals surface area contributed by atoms with Gasteiger partial charge in [0, 0.05) is 36.4 Å². The topological polar surface area (TPSA) is 33.7 Å². The summed E-state index contributed by atoms with van der Waals surface area (Å²) < 4.78 is 37.4. The number of nitrogens with one attached hydrogen (secondary N) is 1. The molecule has 2 aromatic rings. The lowest BCUT2D eigenvalue weighted by Gasteiger charge is -2.33. The Bertz CT molecular complexity index is 769. The van der Waals surface area contributed by atoms with Crippen LogP contribution in [0.5, 0.6) is 11.5 Å². The van der Waals surface area contributed by atoms with Gasteiger partial charge >= 0.3 is 0 Å². The third-order valence-electron chi connectivity index (χ3n) is 4.67. The predicted molar refractivity (Wildman–Crippen MR) is 90.8 cm³/mol. The van der Waals surface area contributed by atoms with Gasteiger partial charge in [-0.2, -0.15) is 0 Å². The molecule has 1 atom stereocenters. The highest BCUT2D eigenvalue weighted by Gasteiger charge is 2.23. The molecule has 0 aromatic heterocycles. The van der Waals surface area contributed by atoms with Crippen molar-refractivity contribution in [2.24, 2.45) is 0 Å². The van der Waals surface area contributed by atoms with Crippen LogP contribution in [0, 0.1) is 11.6 Å². The number of hydrogen-bond donors (Lipinski definition) is 1. The van der Waals surface area contributed by atoms with E-state index in [2.05, 4.69) is 16.3 Å². The maximum Gasteiger partial charge on any atom is 0.231 e. The molecule has 2 aromatic carbocycles. The van der Waals surface area contributed by atoms with E-state index < -0.39 is 11.6 Å². The summed E-state index contributed by atoms with van der Waals surface area (Å²) in [7, 11) is 0. The Hall–Kier alpha value is -2.34. The number of benzene rings is 2. The maximum absolute atomic E-state index is 13.4. The fraction of sp³-hybridized carbons (Fsp3) is 0.368. The molecule has 2 aliphatic heterocycles. The number of ether oxygens (including phenoxy) is 2. The lowest BCUT2D eigenvalue weighted by atomic mass is 10.0. The van der Waals surface area contributed by atoms with Gasteiger partial charge < -0.3 is 14.8 Å². The smallest absolute Gasteiger partial charge is 0.231 e. The molecule has 25 heavy (non-hydrogen) atoms. The summed E-state index contributed by atoms with van der Waals surface area (Å²) >= 11 is 0. The average Bonchev–Trinajstić information content (AvgIpc) is 3.08. The predicted octanol–water partition coefficient (Wildman–Crippen LogP) is 3.77. The summed E-state index contributed by atoms with van der Waals surface area (Å²) in [4.78, 5) is 2.35. The number of halogens is 2. The zero-order valence-corrected chi connectivity index (χ0v) is 13.8. The van der Waals surface area contributed by atoms with Gasteiger partial charge in [0.2, 0.25) is 6.79 Å². The third kappa shape index (κ3) is 3.54. The molecule has 0 aliphatic carbocycles. The van der Waals surface area contributed by atoms with Crippen molar-refractivity contribution in [2.75, 3.05) is 25.2 Å². The van der Waals surface area contributed by atoms with Crippen LogP contribution in [0.1, 0.15) is 18.4 Å². The number of anilines is 1. The zero-order chi connectivity index (χ0) is 17.2. The molecule has 4 rings (SSSR count). The second-order valence-electron chi connectivity index (χ2n) is 6.50. The van der Waals surface area contributed by atoms with Gasteiger partial charge in [-0.15, -0.1) is 0 Å².